The first-order valence-corrected chi connectivity index (χ1v) is 7.51. The quantitative estimate of drug-likeness (QED) is 0.732. The molecule has 1 aromatic heterocycles. The second-order valence-corrected chi connectivity index (χ2v) is 6.00. The van der Waals surface area contributed by atoms with Gasteiger partial charge in [-0.15, -0.1) is 11.3 Å². The van der Waals surface area contributed by atoms with Gasteiger partial charge in [0.2, 0.25) is 0 Å². The number of benzene rings is 2. The topological polar surface area (TPSA) is 42.0 Å². The molecule has 0 fully saturated rings. The zero-order valence-electron chi connectivity index (χ0n) is 11.9. The van der Waals surface area contributed by atoms with E-state index in [1.807, 2.05) is 29.6 Å². The average molecular weight is 336 g/mol. The van der Waals surface area contributed by atoms with Crippen molar-refractivity contribution in [1.82, 2.24) is 4.98 Å². The molecule has 1 heterocycles. The Kier molecular flexibility index (Phi) is 3.81. The molecule has 3 rings (SSSR count). The molecule has 7 heteroatoms. The minimum atomic E-state index is -4.90. The molecular weight excluding hydrogens is 325 g/mol. The van der Waals surface area contributed by atoms with E-state index in [-0.39, 0.29) is 5.69 Å². The van der Waals surface area contributed by atoms with Crippen molar-refractivity contribution in [3.63, 3.8) is 0 Å². The first-order valence-electron chi connectivity index (χ1n) is 6.69. The molecule has 23 heavy (non-hydrogen) atoms. The van der Waals surface area contributed by atoms with Gasteiger partial charge >= 0.3 is 12.1 Å². The Labute approximate surface area is 133 Å². The van der Waals surface area contributed by atoms with E-state index >= 15 is 0 Å². The molecule has 118 valence electrons. The third kappa shape index (κ3) is 3.19. The van der Waals surface area contributed by atoms with E-state index in [1.54, 1.807) is 19.1 Å². The highest BCUT2D eigenvalue weighted by Gasteiger charge is 2.38. The number of anilines is 1. The fourth-order valence-corrected chi connectivity index (χ4v) is 3.09. The maximum Gasteiger partial charge on any atom is 0.471 e. The van der Waals surface area contributed by atoms with Gasteiger partial charge < -0.3 is 5.32 Å². The zero-order valence-corrected chi connectivity index (χ0v) is 12.8. The minimum absolute atomic E-state index is 0.136. The monoisotopic (exact) mass is 336 g/mol. The van der Waals surface area contributed by atoms with Gasteiger partial charge in [0.25, 0.3) is 0 Å². The second kappa shape index (κ2) is 5.66. The van der Waals surface area contributed by atoms with E-state index in [0.29, 0.717) is 5.56 Å². The number of aryl methyl sites for hydroxylation is 1. The number of amides is 1. The Hall–Kier alpha value is -2.41. The Morgan fingerprint density at radius 3 is 2.57 bits per heavy atom. The van der Waals surface area contributed by atoms with Gasteiger partial charge in [0.05, 0.1) is 10.2 Å². The van der Waals surface area contributed by atoms with Gasteiger partial charge in [-0.25, -0.2) is 4.98 Å². The molecule has 0 bridgehead atoms. The third-order valence-corrected chi connectivity index (χ3v) is 4.36. The van der Waals surface area contributed by atoms with Crippen LogP contribution in [0.15, 0.2) is 42.5 Å². The number of carbonyl (C=O) groups is 1. The van der Waals surface area contributed by atoms with Crippen LogP contribution in [-0.2, 0) is 4.79 Å². The van der Waals surface area contributed by atoms with E-state index < -0.39 is 12.1 Å². The van der Waals surface area contributed by atoms with E-state index in [4.69, 9.17) is 0 Å². The number of alkyl halides is 3. The molecule has 3 nitrogen and oxygen atoms in total. The summed E-state index contributed by atoms with van der Waals surface area (Å²) in [5.74, 6) is -1.98. The first kappa shape index (κ1) is 15.5. The smallest absolute Gasteiger partial charge is 0.318 e. The molecule has 3 aromatic rings. The Morgan fingerprint density at radius 1 is 1.17 bits per heavy atom. The van der Waals surface area contributed by atoms with E-state index in [1.165, 1.54) is 17.4 Å². The summed E-state index contributed by atoms with van der Waals surface area (Å²) in [6.45, 7) is 1.64. The lowest BCUT2D eigenvalue weighted by molar-refractivity contribution is -0.167. The van der Waals surface area contributed by atoms with Gasteiger partial charge in [-0.3, -0.25) is 4.79 Å². The summed E-state index contributed by atoms with van der Waals surface area (Å²) < 4.78 is 38.0. The van der Waals surface area contributed by atoms with E-state index in [9.17, 15) is 18.0 Å². The summed E-state index contributed by atoms with van der Waals surface area (Å²) in [5, 5.41) is 2.66. The number of nitrogens with one attached hydrogen (secondary N) is 1. The summed E-state index contributed by atoms with van der Waals surface area (Å²) in [5.41, 5.74) is 2.35. The fraction of sp³-hybridized carbons (Fsp3) is 0.125. The van der Waals surface area contributed by atoms with Crippen molar-refractivity contribution in [2.75, 3.05) is 5.32 Å². The van der Waals surface area contributed by atoms with Crippen LogP contribution in [0.2, 0.25) is 0 Å². The number of thiazole rings is 1. The van der Waals surface area contributed by atoms with Crippen molar-refractivity contribution in [2.24, 2.45) is 0 Å². The number of nitrogens with zero attached hydrogens (tertiary/aromatic N) is 1. The van der Waals surface area contributed by atoms with Crippen molar-refractivity contribution < 1.29 is 18.0 Å². The van der Waals surface area contributed by atoms with Crippen LogP contribution in [0.1, 0.15) is 5.56 Å². The van der Waals surface area contributed by atoms with Crippen molar-refractivity contribution in [2.45, 2.75) is 13.1 Å². The van der Waals surface area contributed by atoms with Crippen molar-refractivity contribution in [3.8, 4) is 10.6 Å². The zero-order chi connectivity index (χ0) is 16.6. The molecule has 0 spiro atoms. The normalized spacial score (nSPS) is 11.7. The van der Waals surface area contributed by atoms with Crippen LogP contribution < -0.4 is 5.32 Å². The Balaban J connectivity index is 1.91. The van der Waals surface area contributed by atoms with Gasteiger partial charge in [0.1, 0.15) is 5.01 Å². The minimum Gasteiger partial charge on any atom is -0.318 e. The molecule has 1 amide bonds. The maximum atomic E-state index is 12.3. The van der Waals surface area contributed by atoms with E-state index in [0.717, 1.165) is 20.8 Å². The SMILES string of the molecule is Cc1cc(-c2nc3ccccc3s2)ccc1NC(=O)C(F)(F)F. The number of hydrogen-bond acceptors (Lipinski definition) is 3. The lowest BCUT2D eigenvalue weighted by Crippen LogP contribution is -2.30. The van der Waals surface area contributed by atoms with Crippen molar-refractivity contribution >= 4 is 33.1 Å². The molecule has 0 unspecified atom stereocenters. The fourth-order valence-electron chi connectivity index (χ4n) is 2.13. The van der Waals surface area contributed by atoms with Crippen LogP contribution in [0.25, 0.3) is 20.8 Å². The van der Waals surface area contributed by atoms with Gasteiger partial charge in [-0.2, -0.15) is 13.2 Å². The highest BCUT2D eigenvalue weighted by Crippen LogP contribution is 2.32. The Bertz CT molecular complexity index is 853. The summed E-state index contributed by atoms with van der Waals surface area (Å²) >= 11 is 1.50. The molecular formula is C16H11F3N2OS. The number of fused-ring (bicyclic) bond motifs is 1. The molecule has 0 aliphatic carbocycles. The average Bonchev–Trinajstić information content (AvgIpc) is 2.92. The van der Waals surface area contributed by atoms with Crippen LogP contribution in [0.4, 0.5) is 18.9 Å². The molecule has 0 aliphatic rings. The number of halogens is 3. The standard InChI is InChI=1S/C16H11F3N2OS/c1-9-8-10(6-7-11(9)21-15(22)16(17,18)19)14-20-12-4-2-3-5-13(12)23-14/h2-8H,1H3,(H,21,22). The number of para-hydroxylation sites is 1. The van der Waals surface area contributed by atoms with Crippen LogP contribution in [-0.4, -0.2) is 17.1 Å². The molecule has 0 saturated heterocycles. The molecule has 2 aromatic carbocycles. The second-order valence-electron chi connectivity index (χ2n) is 4.97. The van der Waals surface area contributed by atoms with Gasteiger partial charge in [0, 0.05) is 11.3 Å². The number of rotatable bonds is 2. The van der Waals surface area contributed by atoms with Gasteiger partial charge in [-0.05, 0) is 42.8 Å². The van der Waals surface area contributed by atoms with E-state index in [2.05, 4.69) is 4.98 Å². The molecule has 0 radical (unpaired) electrons. The number of aromatic nitrogens is 1. The van der Waals surface area contributed by atoms with Crippen LogP contribution in [0.5, 0.6) is 0 Å². The maximum absolute atomic E-state index is 12.3. The van der Waals surface area contributed by atoms with Gasteiger partial charge in [0.15, 0.2) is 0 Å². The van der Waals surface area contributed by atoms with Crippen molar-refractivity contribution in [1.29, 1.82) is 0 Å². The molecule has 0 saturated carbocycles. The Morgan fingerprint density at radius 2 is 1.91 bits per heavy atom. The lowest BCUT2D eigenvalue weighted by Gasteiger charge is -2.11. The van der Waals surface area contributed by atoms with Crippen LogP contribution in [0.3, 0.4) is 0 Å². The summed E-state index contributed by atoms with van der Waals surface area (Å²) in [6, 6.07) is 12.5. The largest absolute Gasteiger partial charge is 0.471 e. The first-order chi connectivity index (χ1) is 10.8. The predicted molar refractivity (Wildman–Crippen MR) is 84.5 cm³/mol. The molecule has 0 atom stereocenters. The van der Waals surface area contributed by atoms with Gasteiger partial charge in [-0.1, -0.05) is 12.1 Å². The van der Waals surface area contributed by atoms with Crippen LogP contribution >= 0.6 is 11.3 Å². The van der Waals surface area contributed by atoms with Crippen molar-refractivity contribution in [3.05, 3.63) is 48.0 Å². The lowest BCUT2D eigenvalue weighted by atomic mass is 10.1. The highest BCUT2D eigenvalue weighted by atomic mass is 32.1. The third-order valence-electron chi connectivity index (χ3n) is 3.27. The molecule has 0 aliphatic heterocycles. The number of carbonyl (C=O) groups excluding carboxylic acids is 1. The predicted octanol–water partition coefficient (Wildman–Crippen LogP) is 4.77. The van der Waals surface area contributed by atoms with Crippen LogP contribution in [0, 0.1) is 6.92 Å². The summed E-state index contributed by atoms with van der Waals surface area (Å²) in [6.07, 6.45) is -4.90. The summed E-state index contributed by atoms with van der Waals surface area (Å²) in [7, 11) is 0. The highest BCUT2D eigenvalue weighted by molar-refractivity contribution is 7.21. The molecule has 1 N–H and O–H groups in total. The summed E-state index contributed by atoms with van der Waals surface area (Å²) in [4.78, 5) is 15.5. The number of hydrogen-bond donors (Lipinski definition) is 1.